The summed E-state index contributed by atoms with van der Waals surface area (Å²) in [7, 11) is 1.59. The Morgan fingerprint density at radius 3 is 2.76 bits per heavy atom. The van der Waals surface area contributed by atoms with Gasteiger partial charge in [0, 0.05) is 25.3 Å². The van der Waals surface area contributed by atoms with Crippen molar-refractivity contribution >= 4 is 11.6 Å². The van der Waals surface area contributed by atoms with Crippen LogP contribution in [0.3, 0.4) is 0 Å². The zero-order chi connectivity index (χ0) is 14.7. The number of anilines is 1. The summed E-state index contributed by atoms with van der Waals surface area (Å²) >= 11 is 0. The summed E-state index contributed by atoms with van der Waals surface area (Å²) in [5, 5.41) is 3.36. The highest BCUT2D eigenvalue weighted by atomic mass is 16.5. The van der Waals surface area contributed by atoms with E-state index in [4.69, 9.17) is 4.74 Å². The number of carbonyl (C=O) groups is 1. The van der Waals surface area contributed by atoms with E-state index >= 15 is 0 Å². The van der Waals surface area contributed by atoms with Gasteiger partial charge in [0.15, 0.2) is 0 Å². The van der Waals surface area contributed by atoms with Crippen molar-refractivity contribution in [1.29, 1.82) is 0 Å². The van der Waals surface area contributed by atoms with Crippen LogP contribution in [0.1, 0.15) is 15.9 Å². The molecule has 0 aliphatic carbocycles. The number of nitrogens with zero attached hydrogens (tertiary/aromatic N) is 1. The molecule has 0 saturated carbocycles. The number of fused-ring (bicyclic) bond motifs is 1. The Balaban J connectivity index is 1.88. The molecule has 0 fully saturated rings. The van der Waals surface area contributed by atoms with E-state index in [0.29, 0.717) is 24.4 Å². The lowest BCUT2D eigenvalue weighted by atomic mass is 10.1. The maximum atomic E-state index is 12.8. The molecule has 0 atom stereocenters. The first kappa shape index (κ1) is 13.5. The first-order valence-corrected chi connectivity index (χ1v) is 7.03. The molecule has 0 radical (unpaired) electrons. The third-order valence-corrected chi connectivity index (χ3v) is 3.70. The zero-order valence-corrected chi connectivity index (χ0v) is 12.0. The first-order chi connectivity index (χ1) is 10.3. The molecule has 1 heterocycles. The fourth-order valence-corrected chi connectivity index (χ4v) is 2.61. The summed E-state index contributed by atoms with van der Waals surface area (Å²) in [6.07, 6.45) is 0. The number of rotatable bonds is 2. The van der Waals surface area contributed by atoms with Gasteiger partial charge in [0.05, 0.1) is 12.7 Å². The molecule has 0 aromatic heterocycles. The van der Waals surface area contributed by atoms with E-state index in [-0.39, 0.29) is 5.91 Å². The molecular formula is C17H18N2O2. The van der Waals surface area contributed by atoms with Crippen LogP contribution in [0.15, 0.2) is 48.5 Å². The van der Waals surface area contributed by atoms with Crippen LogP contribution in [0.4, 0.5) is 5.69 Å². The van der Waals surface area contributed by atoms with Gasteiger partial charge in [0.1, 0.15) is 5.75 Å². The second-order valence-corrected chi connectivity index (χ2v) is 5.01. The van der Waals surface area contributed by atoms with Crippen LogP contribution in [-0.4, -0.2) is 31.0 Å². The third-order valence-electron chi connectivity index (χ3n) is 3.70. The van der Waals surface area contributed by atoms with Gasteiger partial charge in [0.2, 0.25) is 0 Å². The molecule has 0 unspecified atom stereocenters. The molecule has 1 N–H and O–H groups in total. The molecule has 3 rings (SSSR count). The maximum Gasteiger partial charge on any atom is 0.257 e. The second-order valence-electron chi connectivity index (χ2n) is 5.01. The van der Waals surface area contributed by atoms with Gasteiger partial charge in [-0.15, -0.1) is 0 Å². The lowest BCUT2D eigenvalue weighted by molar-refractivity contribution is 0.0749. The van der Waals surface area contributed by atoms with Gasteiger partial charge in [-0.05, 0) is 23.8 Å². The number of carbonyl (C=O) groups excluding carboxylic acids is 1. The lowest BCUT2D eigenvalue weighted by Gasteiger charge is -2.21. The number of nitrogens with one attached hydrogen (secondary N) is 1. The number of hydrogen-bond acceptors (Lipinski definition) is 3. The fourth-order valence-electron chi connectivity index (χ4n) is 2.61. The molecule has 21 heavy (non-hydrogen) atoms. The van der Waals surface area contributed by atoms with Crippen molar-refractivity contribution in [2.45, 2.75) is 6.54 Å². The molecule has 0 saturated heterocycles. The average molecular weight is 282 g/mol. The van der Waals surface area contributed by atoms with E-state index in [2.05, 4.69) is 11.4 Å². The lowest BCUT2D eigenvalue weighted by Crippen LogP contribution is -2.32. The molecule has 2 aromatic rings. The number of hydrogen-bond donors (Lipinski definition) is 1. The van der Waals surface area contributed by atoms with Crippen molar-refractivity contribution in [1.82, 2.24) is 4.90 Å². The number of ether oxygens (including phenoxy) is 1. The molecule has 4 heteroatoms. The number of methoxy groups -OCH3 is 1. The predicted octanol–water partition coefficient (Wildman–Crippen LogP) is 2.76. The second kappa shape index (κ2) is 5.87. The first-order valence-electron chi connectivity index (χ1n) is 7.03. The highest BCUT2D eigenvalue weighted by molar-refractivity contribution is 5.97. The van der Waals surface area contributed by atoms with Crippen molar-refractivity contribution in [2.24, 2.45) is 0 Å². The fraction of sp³-hybridized carbons (Fsp3) is 0.235. The minimum atomic E-state index is 0.00551. The van der Waals surface area contributed by atoms with E-state index in [1.807, 2.05) is 47.4 Å². The van der Waals surface area contributed by atoms with E-state index in [1.165, 1.54) is 0 Å². The van der Waals surface area contributed by atoms with E-state index in [1.54, 1.807) is 7.11 Å². The van der Waals surface area contributed by atoms with Gasteiger partial charge in [0.25, 0.3) is 5.91 Å². The minimum Gasteiger partial charge on any atom is -0.496 e. The SMILES string of the molecule is COc1ccccc1C(=O)N1CCNc2ccccc2C1. The zero-order valence-electron chi connectivity index (χ0n) is 12.0. The van der Waals surface area contributed by atoms with E-state index in [9.17, 15) is 4.79 Å². The largest absolute Gasteiger partial charge is 0.496 e. The van der Waals surface area contributed by atoms with Crippen LogP contribution in [-0.2, 0) is 6.54 Å². The Labute approximate surface area is 124 Å². The topological polar surface area (TPSA) is 41.6 Å². The maximum absolute atomic E-state index is 12.8. The molecule has 1 aliphatic heterocycles. The van der Waals surface area contributed by atoms with Gasteiger partial charge >= 0.3 is 0 Å². The molecule has 2 aromatic carbocycles. The average Bonchev–Trinajstić information content (AvgIpc) is 2.76. The van der Waals surface area contributed by atoms with Crippen LogP contribution >= 0.6 is 0 Å². The molecule has 4 nitrogen and oxygen atoms in total. The summed E-state index contributed by atoms with van der Waals surface area (Å²) in [5.74, 6) is 0.624. The Kier molecular flexibility index (Phi) is 3.77. The quantitative estimate of drug-likeness (QED) is 0.921. The third kappa shape index (κ3) is 2.70. The van der Waals surface area contributed by atoms with Crippen molar-refractivity contribution < 1.29 is 9.53 Å². The Morgan fingerprint density at radius 2 is 1.90 bits per heavy atom. The standard InChI is InChI=1S/C17H18N2O2/c1-21-16-9-5-3-7-14(16)17(20)19-11-10-18-15-8-4-2-6-13(15)12-19/h2-9,18H,10-12H2,1H3. The van der Waals surface area contributed by atoms with Crippen molar-refractivity contribution in [2.75, 3.05) is 25.5 Å². The molecule has 1 amide bonds. The van der Waals surface area contributed by atoms with Crippen molar-refractivity contribution in [3.8, 4) is 5.75 Å². The highest BCUT2D eigenvalue weighted by Gasteiger charge is 2.22. The van der Waals surface area contributed by atoms with Crippen LogP contribution < -0.4 is 10.1 Å². The molecule has 108 valence electrons. The smallest absolute Gasteiger partial charge is 0.257 e. The van der Waals surface area contributed by atoms with Crippen LogP contribution in [0.25, 0.3) is 0 Å². The molecular weight excluding hydrogens is 264 g/mol. The summed E-state index contributed by atoms with van der Waals surface area (Å²) in [6.45, 7) is 2.03. The Morgan fingerprint density at radius 1 is 1.14 bits per heavy atom. The van der Waals surface area contributed by atoms with Crippen LogP contribution in [0, 0.1) is 0 Å². The van der Waals surface area contributed by atoms with Crippen molar-refractivity contribution in [3.63, 3.8) is 0 Å². The summed E-state index contributed by atoms with van der Waals surface area (Å²) in [6, 6.07) is 15.5. The van der Waals surface area contributed by atoms with Crippen molar-refractivity contribution in [3.05, 3.63) is 59.7 Å². The van der Waals surface area contributed by atoms with E-state index in [0.717, 1.165) is 17.8 Å². The molecule has 0 spiro atoms. The van der Waals surface area contributed by atoms with Gasteiger partial charge in [-0.1, -0.05) is 30.3 Å². The highest BCUT2D eigenvalue weighted by Crippen LogP contribution is 2.24. The predicted molar refractivity (Wildman–Crippen MR) is 82.7 cm³/mol. The summed E-state index contributed by atoms with van der Waals surface area (Å²) in [5.41, 5.74) is 2.85. The molecule has 0 bridgehead atoms. The van der Waals surface area contributed by atoms with Gasteiger partial charge in [-0.2, -0.15) is 0 Å². The minimum absolute atomic E-state index is 0.00551. The van der Waals surface area contributed by atoms with Crippen LogP contribution in [0.5, 0.6) is 5.75 Å². The van der Waals surface area contributed by atoms with Gasteiger partial charge in [-0.25, -0.2) is 0 Å². The van der Waals surface area contributed by atoms with E-state index < -0.39 is 0 Å². The van der Waals surface area contributed by atoms with Gasteiger partial charge < -0.3 is 15.0 Å². The number of benzene rings is 2. The van der Waals surface area contributed by atoms with Crippen LogP contribution in [0.2, 0.25) is 0 Å². The summed E-state index contributed by atoms with van der Waals surface area (Å²) < 4.78 is 5.29. The Hall–Kier alpha value is -2.49. The normalized spacial score (nSPS) is 13.9. The number of para-hydroxylation sites is 2. The summed E-state index contributed by atoms with van der Waals surface area (Å²) in [4.78, 5) is 14.6. The van der Waals surface area contributed by atoms with Gasteiger partial charge in [-0.3, -0.25) is 4.79 Å². The monoisotopic (exact) mass is 282 g/mol. The molecule has 1 aliphatic rings. The number of amides is 1. The Bertz CT molecular complexity index is 655.